The normalized spacial score (nSPS) is 18.4. The summed E-state index contributed by atoms with van der Waals surface area (Å²) < 4.78 is 7.40. The molecule has 6 nitrogen and oxygen atoms in total. The lowest BCUT2D eigenvalue weighted by atomic mass is 9.92. The zero-order chi connectivity index (χ0) is 13.3. The molecule has 2 aromatic heterocycles. The molecule has 0 unspecified atom stereocenters. The number of nitrogens with zero attached hydrogens (tertiary/aromatic N) is 3. The molecule has 0 atom stereocenters. The van der Waals surface area contributed by atoms with Crippen LogP contribution in [0.5, 0.6) is 0 Å². The molecule has 6 heteroatoms. The molecular weight excluding hydrogens is 242 g/mol. The summed E-state index contributed by atoms with van der Waals surface area (Å²) in [7, 11) is 1.87. The standard InChI is InChI=1S/C13H19N5O/c1-13(3-7-19-8-4-13)17-11-12-15-5-6-18(12)9-10(14-2)16-11/h5-6,9,14H,3-4,7-8H2,1-2H3,(H,16,17). The SMILES string of the molecule is CNc1cn2ccnc2c(NC2(C)CCOCC2)n1. The van der Waals surface area contributed by atoms with Crippen LogP contribution in [0.15, 0.2) is 18.6 Å². The van der Waals surface area contributed by atoms with Gasteiger partial charge in [-0.25, -0.2) is 9.97 Å². The van der Waals surface area contributed by atoms with Crippen molar-refractivity contribution in [1.29, 1.82) is 0 Å². The molecule has 0 amide bonds. The van der Waals surface area contributed by atoms with Gasteiger partial charge in [-0.3, -0.25) is 0 Å². The van der Waals surface area contributed by atoms with Crippen LogP contribution in [-0.2, 0) is 4.74 Å². The first-order valence-corrected chi connectivity index (χ1v) is 6.58. The number of nitrogens with one attached hydrogen (secondary N) is 2. The molecule has 1 fully saturated rings. The van der Waals surface area contributed by atoms with Gasteiger partial charge < -0.3 is 19.8 Å². The number of imidazole rings is 1. The molecule has 3 rings (SSSR count). The second-order valence-corrected chi connectivity index (χ2v) is 5.18. The zero-order valence-electron chi connectivity index (χ0n) is 11.3. The minimum absolute atomic E-state index is 0.0179. The lowest BCUT2D eigenvalue weighted by Gasteiger charge is -2.35. The third-order valence-corrected chi connectivity index (χ3v) is 3.65. The number of aromatic nitrogens is 3. The Balaban J connectivity index is 1.96. The van der Waals surface area contributed by atoms with E-state index in [-0.39, 0.29) is 5.54 Å². The number of ether oxygens (including phenoxy) is 1. The van der Waals surface area contributed by atoms with E-state index in [1.54, 1.807) is 6.20 Å². The van der Waals surface area contributed by atoms with E-state index < -0.39 is 0 Å². The summed E-state index contributed by atoms with van der Waals surface area (Å²) in [6.07, 6.45) is 7.60. The van der Waals surface area contributed by atoms with Crippen molar-refractivity contribution in [2.45, 2.75) is 25.3 Å². The van der Waals surface area contributed by atoms with Gasteiger partial charge in [-0.15, -0.1) is 0 Å². The van der Waals surface area contributed by atoms with Crippen molar-refractivity contribution in [3.05, 3.63) is 18.6 Å². The van der Waals surface area contributed by atoms with E-state index in [9.17, 15) is 0 Å². The number of hydrogen-bond acceptors (Lipinski definition) is 5. The monoisotopic (exact) mass is 261 g/mol. The Hall–Kier alpha value is -1.82. The van der Waals surface area contributed by atoms with Crippen LogP contribution in [0.1, 0.15) is 19.8 Å². The zero-order valence-corrected chi connectivity index (χ0v) is 11.3. The molecule has 3 heterocycles. The van der Waals surface area contributed by atoms with Crippen molar-refractivity contribution in [2.75, 3.05) is 30.9 Å². The number of rotatable bonds is 3. The third-order valence-electron chi connectivity index (χ3n) is 3.65. The molecule has 19 heavy (non-hydrogen) atoms. The highest BCUT2D eigenvalue weighted by molar-refractivity contribution is 5.66. The maximum absolute atomic E-state index is 5.43. The van der Waals surface area contributed by atoms with E-state index in [0.29, 0.717) is 0 Å². The van der Waals surface area contributed by atoms with Gasteiger partial charge in [0.05, 0.1) is 6.20 Å². The molecule has 0 aromatic carbocycles. The first kappa shape index (κ1) is 12.2. The lowest BCUT2D eigenvalue weighted by Crippen LogP contribution is -2.41. The van der Waals surface area contributed by atoms with E-state index in [4.69, 9.17) is 4.74 Å². The van der Waals surface area contributed by atoms with Crippen LogP contribution in [0.25, 0.3) is 5.65 Å². The molecule has 1 saturated heterocycles. The summed E-state index contributed by atoms with van der Waals surface area (Å²) in [5.41, 5.74) is 0.871. The molecule has 1 aliphatic heterocycles. The predicted octanol–water partition coefficient (Wildman–Crippen LogP) is 1.75. The molecule has 102 valence electrons. The predicted molar refractivity (Wildman–Crippen MR) is 74.6 cm³/mol. The van der Waals surface area contributed by atoms with Crippen LogP contribution in [0.2, 0.25) is 0 Å². The maximum atomic E-state index is 5.43. The van der Waals surface area contributed by atoms with Crippen LogP contribution < -0.4 is 10.6 Å². The Labute approximate surface area is 112 Å². The van der Waals surface area contributed by atoms with Gasteiger partial charge in [0.2, 0.25) is 0 Å². The summed E-state index contributed by atoms with van der Waals surface area (Å²) in [6, 6.07) is 0. The minimum Gasteiger partial charge on any atom is -0.381 e. The highest BCUT2D eigenvalue weighted by Crippen LogP contribution is 2.27. The average Bonchev–Trinajstić information content (AvgIpc) is 2.87. The first-order valence-electron chi connectivity index (χ1n) is 6.58. The fourth-order valence-corrected chi connectivity index (χ4v) is 2.37. The van der Waals surface area contributed by atoms with Crippen molar-refractivity contribution >= 4 is 17.3 Å². The van der Waals surface area contributed by atoms with Gasteiger partial charge in [-0.2, -0.15) is 0 Å². The molecule has 0 saturated carbocycles. The molecular formula is C13H19N5O. The Bertz CT molecular complexity index is 573. The van der Waals surface area contributed by atoms with Gasteiger partial charge in [-0.05, 0) is 19.8 Å². The summed E-state index contributed by atoms with van der Waals surface area (Å²) in [5, 5.41) is 6.62. The van der Waals surface area contributed by atoms with E-state index in [1.165, 1.54) is 0 Å². The van der Waals surface area contributed by atoms with Crippen LogP contribution >= 0.6 is 0 Å². The second-order valence-electron chi connectivity index (χ2n) is 5.18. The van der Waals surface area contributed by atoms with E-state index >= 15 is 0 Å². The van der Waals surface area contributed by atoms with E-state index in [1.807, 2.05) is 23.8 Å². The van der Waals surface area contributed by atoms with Gasteiger partial charge in [0.15, 0.2) is 11.5 Å². The highest BCUT2D eigenvalue weighted by atomic mass is 16.5. The fourth-order valence-electron chi connectivity index (χ4n) is 2.37. The molecule has 0 bridgehead atoms. The summed E-state index contributed by atoms with van der Waals surface area (Å²) in [6.45, 7) is 3.79. The number of anilines is 2. The topological polar surface area (TPSA) is 63.5 Å². The summed E-state index contributed by atoms with van der Waals surface area (Å²) in [5.74, 6) is 1.64. The van der Waals surface area contributed by atoms with Crippen LogP contribution in [0, 0.1) is 0 Å². The number of fused-ring (bicyclic) bond motifs is 1. The summed E-state index contributed by atoms with van der Waals surface area (Å²) in [4.78, 5) is 8.95. The van der Waals surface area contributed by atoms with Gasteiger partial charge in [0.1, 0.15) is 5.82 Å². The molecule has 0 spiro atoms. The fraction of sp³-hybridized carbons (Fsp3) is 0.538. The Morgan fingerprint density at radius 3 is 2.89 bits per heavy atom. The first-order chi connectivity index (χ1) is 9.20. The Morgan fingerprint density at radius 2 is 2.16 bits per heavy atom. The van der Waals surface area contributed by atoms with E-state index in [2.05, 4.69) is 27.5 Å². The Kier molecular flexibility index (Phi) is 3.02. The number of hydrogen-bond donors (Lipinski definition) is 2. The van der Waals surface area contributed by atoms with Crippen LogP contribution in [0.4, 0.5) is 11.6 Å². The summed E-state index contributed by atoms with van der Waals surface area (Å²) >= 11 is 0. The molecule has 1 aliphatic rings. The van der Waals surface area contributed by atoms with Crippen molar-refractivity contribution in [3.63, 3.8) is 0 Å². The van der Waals surface area contributed by atoms with Crippen molar-refractivity contribution in [2.24, 2.45) is 0 Å². The highest BCUT2D eigenvalue weighted by Gasteiger charge is 2.28. The largest absolute Gasteiger partial charge is 0.381 e. The average molecular weight is 261 g/mol. The molecule has 0 radical (unpaired) electrons. The quantitative estimate of drug-likeness (QED) is 0.881. The van der Waals surface area contributed by atoms with Crippen molar-refractivity contribution in [3.8, 4) is 0 Å². The van der Waals surface area contributed by atoms with Crippen molar-refractivity contribution < 1.29 is 4.74 Å². The third kappa shape index (κ3) is 2.35. The van der Waals surface area contributed by atoms with Gasteiger partial charge in [0, 0.05) is 38.2 Å². The van der Waals surface area contributed by atoms with Crippen LogP contribution in [0.3, 0.4) is 0 Å². The van der Waals surface area contributed by atoms with Gasteiger partial charge >= 0.3 is 0 Å². The lowest BCUT2D eigenvalue weighted by molar-refractivity contribution is 0.0657. The van der Waals surface area contributed by atoms with E-state index in [0.717, 1.165) is 43.3 Å². The molecule has 2 N–H and O–H groups in total. The van der Waals surface area contributed by atoms with Gasteiger partial charge in [-0.1, -0.05) is 0 Å². The maximum Gasteiger partial charge on any atom is 0.180 e. The Morgan fingerprint density at radius 1 is 1.37 bits per heavy atom. The smallest absolute Gasteiger partial charge is 0.180 e. The van der Waals surface area contributed by atoms with Crippen LogP contribution in [-0.4, -0.2) is 40.2 Å². The second kappa shape index (κ2) is 4.70. The minimum atomic E-state index is 0.0179. The molecule has 0 aliphatic carbocycles. The van der Waals surface area contributed by atoms with Crippen molar-refractivity contribution in [1.82, 2.24) is 14.4 Å². The molecule has 2 aromatic rings. The van der Waals surface area contributed by atoms with Gasteiger partial charge in [0.25, 0.3) is 0 Å².